The van der Waals surface area contributed by atoms with Gasteiger partial charge < -0.3 is 24.2 Å². The molecule has 38 heavy (non-hydrogen) atoms. The van der Waals surface area contributed by atoms with Crippen LogP contribution in [0, 0.1) is 0 Å². The van der Waals surface area contributed by atoms with Gasteiger partial charge in [-0.2, -0.15) is 13.2 Å². The molecule has 0 aliphatic rings. The number of hydrogen-bond acceptors (Lipinski definition) is 7. The molecule has 0 aliphatic carbocycles. The first-order chi connectivity index (χ1) is 17.7. The number of carbonyl (C=O) groups excluding carboxylic acids is 3. The fourth-order valence-corrected chi connectivity index (χ4v) is 3.86. The van der Waals surface area contributed by atoms with Crippen molar-refractivity contribution >= 4 is 28.8 Å². The van der Waals surface area contributed by atoms with E-state index >= 15 is 0 Å². The minimum absolute atomic E-state index is 0.0378. The predicted molar refractivity (Wildman–Crippen MR) is 131 cm³/mol. The number of aromatic amines is 2. The number of benzene rings is 1. The molecule has 0 saturated carbocycles. The number of esters is 3. The average Bonchev–Trinajstić information content (AvgIpc) is 3.41. The fourth-order valence-electron chi connectivity index (χ4n) is 3.86. The van der Waals surface area contributed by atoms with Gasteiger partial charge in [-0.3, -0.25) is 5.32 Å². The second-order valence-corrected chi connectivity index (χ2v) is 9.39. The molecule has 1 unspecified atom stereocenters. The van der Waals surface area contributed by atoms with Crippen molar-refractivity contribution in [1.29, 1.82) is 0 Å². The summed E-state index contributed by atoms with van der Waals surface area (Å²) in [5.41, 5.74) is 0.00335. The van der Waals surface area contributed by atoms with E-state index < -0.39 is 35.9 Å². The van der Waals surface area contributed by atoms with Crippen LogP contribution in [0.3, 0.4) is 0 Å². The summed E-state index contributed by atoms with van der Waals surface area (Å²) in [6.45, 7) is 8.02. The van der Waals surface area contributed by atoms with E-state index in [4.69, 9.17) is 14.2 Å². The van der Waals surface area contributed by atoms with Crippen LogP contribution >= 0.6 is 0 Å². The number of fused-ring (bicyclic) bond motifs is 1. The lowest BCUT2D eigenvalue weighted by Crippen LogP contribution is -2.34. The van der Waals surface area contributed by atoms with Gasteiger partial charge in [0.25, 0.3) is 0 Å². The van der Waals surface area contributed by atoms with Crippen LogP contribution in [-0.2, 0) is 32.0 Å². The zero-order chi connectivity index (χ0) is 28.3. The first-order valence-corrected chi connectivity index (χ1v) is 12.0. The number of aromatic nitrogens is 2. The lowest BCUT2D eigenvalue weighted by Gasteiger charge is -2.20. The highest BCUT2D eigenvalue weighted by Crippen LogP contribution is 2.31. The third-order valence-electron chi connectivity index (χ3n) is 5.35. The molecule has 0 aliphatic heterocycles. The van der Waals surface area contributed by atoms with Crippen molar-refractivity contribution in [1.82, 2.24) is 15.3 Å². The molecule has 0 saturated heterocycles. The molecule has 9 nitrogen and oxygen atoms in total. The molecule has 0 amide bonds. The van der Waals surface area contributed by atoms with Crippen molar-refractivity contribution in [3.8, 4) is 0 Å². The highest BCUT2D eigenvalue weighted by Gasteiger charge is 2.44. The smallest absolute Gasteiger partial charge is 0.462 e. The van der Waals surface area contributed by atoms with Crippen LogP contribution in [0.25, 0.3) is 10.9 Å². The van der Waals surface area contributed by atoms with E-state index in [2.05, 4.69) is 15.3 Å². The molecular formula is C26H30F3N3O6. The Morgan fingerprint density at radius 2 is 1.71 bits per heavy atom. The number of nitrogens with one attached hydrogen (secondary N) is 3. The van der Waals surface area contributed by atoms with E-state index in [1.165, 1.54) is 0 Å². The summed E-state index contributed by atoms with van der Waals surface area (Å²) < 4.78 is 54.9. The maximum Gasteiger partial charge on any atom is 0.490 e. The Morgan fingerprint density at radius 3 is 2.29 bits per heavy atom. The third kappa shape index (κ3) is 6.74. The molecule has 3 rings (SSSR count). The largest absolute Gasteiger partial charge is 0.490 e. The van der Waals surface area contributed by atoms with Crippen molar-refractivity contribution in [2.45, 2.75) is 65.6 Å². The van der Waals surface area contributed by atoms with E-state index in [0.717, 1.165) is 10.9 Å². The number of rotatable bonds is 9. The van der Waals surface area contributed by atoms with Crippen molar-refractivity contribution < 1.29 is 41.8 Å². The highest BCUT2D eigenvalue weighted by atomic mass is 19.4. The summed E-state index contributed by atoms with van der Waals surface area (Å²) in [5, 5.41) is 3.60. The summed E-state index contributed by atoms with van der Waals surface area (Å²) >= 11 is 0. The number of ether oxygens (including phenoxy) is 3. The van der Waals surface area contributed by atoms with Crippen LogP contribution in [0.4, 0.5) is 13.2 Å². The summed E-state index contributed by atoms with van der Waals surface area (Å²) in [4.78, 5) is 43.6. The first kappa shape index (κ1) is 28.8. The minimum atomic E-state index is -5.31. The summed E-state index contributed by atoms with van der Waals surface area (Å²) in [7, 11) is 0. The average molecular weight is 538 g/mol. The molecule has 3 aromatic rings. The van der Waals surface area contributed by atoms with Crippen molar-refractivity contribution in [2.24, 2.45) is 0 Å². The Bertz CT molecular complexity index is 1290. The van der Waals surface area contributed by atoms with Crippen molar-refractivity contribution in [3.63, 3.8) is 0 Å². The standard InChI is InChI=1S/C26H30F3N3O6/c1-6-16-18(22(33)36-7-2)20(32-19(16)23(34)38-25(3,4)5)21(37-24(35)26(27,28)29)30-13-15-12-14-10-8-9-11-17(14)31-15/h8-12,21,30-32H,6-7,13H2,1-5H3. The fraction of sp³-hybridized carbons (Fsp3) is 0.423. The van der Waals surface area contributed by atoms with Gasteiger partial charge in [-0.25, -0.2) is 14.4 Å². The topological polar surface area (TPSA) is 123 Å². The number of para-hydroxylation sites is 1. The van der Waals surface area contributed by atoms with Crippen LogP contribution in [0.2, 0.25) is 0 Å². The molecule has 1 aromatic carbocycles. The zero-order valence-corrected chi connectivity index (χ0v) is 21.7. The molecule has 0 bridgehead atoms. The Morgan fingerprint density at radius 1 is 1.03 bits per heavy atom. The van der Waals surface area contributed by atoms with E-state index in [0.29, 0.717) is 5.69 Å². The molecule has 206 valence electrons. The van der Waals surface area contributed by atoms with E-state index in [1.54, 1.807) is 40.7 Å². The molecular weight excluding hydrogens is 507 g/mol. The summed E-state index contributed by atoms with van der Waals surface area (Å²) in [6, 6.07) is 9.09. The number of hydrogen-bond donors (Lipinski definition) is 3. The van der Waals surface area contributed by atoms with Gasteiger partial charge in [-0.05, 0) is 57.2 Å². The monoisotopic (exact) mass is 537 g/mol. The van der Waals surface area contributed by atoms with Gasteiger partial charge in [-0.1, -0.05) is 25.1 Å². The summed E-state index contributed by atoms with van der Waals surface area (Å²) in [6.07, 6.45) is -6.98. The SMILES string of the molecule is CCOC(=O)c1c(C(NCc2cc3ccccc3[nH]2)OC(=O)C(F)(F)F)[nH]c(C(=O)OC(C)(C)C)c1CC. The molecule has 2 heterocycles. The van der Waals surface area contributed by atoms with E-state index in [9.17, 15) is 27.6 Å². The third-order valence-corrected chi connectivity index (χ3v) is 5.35. The molecule has 12 heteroatoms. The summed E-state index contributed by atoms with van der Waals surface area (Å²) in [5.74, 6) is -4.21. The Labute approximate surface area is 217 Å². The second kappa shape index (κ2) is 11.3. The van der Waals surface area contributed by atoms with Gasteiger partial charge in [0.2, 0.25) is 0 Å². The van der Waals surface area contributed by atoms with Crippen LogP contribution in [0.15, 0.2) is 30.3 Å². The Kier molecular flexibility index (Phi) is 8.55. The number of halogens is 3. The van der Waals surface area contributed by atoms with Gasteiger partial charge in [0.1, 0.15) is 11.3 Å². The quantitative estimate of drug-likeness (QED) is 0.198. The zero-order valence-electron chi connectivity index (χ0n) is 21.7. The number of carbonyl (C=O) groups is 3. The van der Waals surface area contributed by atoms with Gasteiger partial charge in [-0.15, -0.1) is 0 Å². The van der Waals surface area contributed by atoms with Crippen LogP contribution < -0.4 is 5.32 Å². The predicted octanol–water partition coefficient (Wildman–Crippen LogP) is 5.08. The van der Waals surface area contributed by atoms with Crippen LogP contribution in [0.5, 0.6) is 0 Å². The van der Waals surface area contributed by atoms with Crippen molar-refractivity contribution in [2.75, 3.05) is 6.61 Å². The Hall–Kier alpha value is -3.80. The van der Waals surface area contributed by atoms with E-state index in [-0.39, 0.29) is 42.1 Å². The lowest BCUT2D eigenvalue weighted by atomic mass is 10.0. The van der Waals surface area contributed by atoms with Gasteiger partial charge >= 0.3 is 24.1 Å². The van der Waals surface area contributed by atoms with Gasteiger partial charge in [0.05, 0.1) is 17.9 Å². The van der Waals surface area contributed by atoms with Crippen LogP contribution in [0.1, 0.15) is 78.6 Å². The van der Waals surface area contributed by atoms with Crippen LogP contribution in [-0.4, -0.2) is 46.3 Å². The molecule has 0 spiro atoms. The van der Waals surface area contributed by atoms with Gasteiger partial charge in [0.15, 0.2) is 6.23 Å². The van der Waals surface area contributed by atoms with E-state index in [1.807, 2.05) is 24.3 Å². The highest BCUT2D eigenvalue weighted by molar-refractivity contribution is 5.99. The van der Waals surface area contributed by atoms with Crippen molar-refractivity contribution in [3.05, 3.63) is 58.5 Å². The number of alkyl halides is 3. The minimum Gasteiger partial charge on any atom is -0.462 e. The van der Waals surface area contributed by atoms with Gasteiger partial charge in [0, 0.05) is 17.8 Å². The normalized spacial score (nSPS) is 12.8. The second-order valence-electron chi connectivity index (χ2n) is 9.39. The maximum atomic E-state index is 13.2. The molecule has 2 aromatic heterocycles. The molecule has 0 fully saturated rings. The molecule has 0 radical (unpaired) electrons. The molecule has 1 atom stereocenters. The maximum absolute atomic E-state index is 13.2. The Balaban J connectivity index is 2.09. The first-order valence-electron chi connectivity index (χ1n) is 12.0. The molecule has 3 N–H and O–H groups in total. The lowest BCUT2D eigenvalue weighted by molar-refractivity contribution is -0.207. The number of H-pyrrole nitrogens is 2.